The summed E-state index contributed by atoms with van der Waals surface area (Å²) in [6.07, 6.45) is 0.802. The zero-order valence-electron chi connectivity index (χ0n) is 12.2. The third kappa shape index (κ3) is 2.61. The molecule has 3 rings (SSSR count). The fourth-order valence-electron chi connectivity index (χ4n) is 2.62. The molecule has 0 amide bonds. The molecule has 0 fully saturated rings. The Morgan fingerprint density at radius 1 is 1.19 bits per heavy atom. The van der Waals surface area contributed by atoms with E-state index in [1.54, 1.807) is 6.07 Å². The fraction of sp³-hybridized carbons (Fsp3) is 0.235. The molecule has 0 spiro atoms. The summed E-state index contributed by atoms with van der Waals surface area (Å²) in [5.41, 5.74) is 9.37. The van der Waals surface area contributed by atoms with E-state index in [1.807, 2.05) is 35.9 Å². The third-order valence-corrected chi connectivity index (χ3v) is 3.93. The highest BCUT2D eigenvalue weighted by Gasteiger charge is 2.13. The van der Waals surface area contributed by atoms with Gasteiger partial charge in [0.15, 0.2) is 0 Å². The average molecular weight is 283 g/mol. The Hall–Kier alpha value is -2.36. The Balaban J connectivity index is 1.90. The first kappa shape index (κ1) is 13.6. The summed E-state index contributed by atoms with van der Waals surface area (Å²) in [5.74, 6) is 1.03. The van der Waals surface area contributed by atoms with Gasteiger partial charge in [0.2, 0.25) is 0 Å². The number of aryl methyl sites for hydroxylation is 1. The van der Waals surface area contributed by atoms with Crippen LogP contribution in [-0.2, 0) is 13.5 Å². The van der Waals surface area contributed by atoms with Crippen LogP contribution in [0.15, 0.2) is 42.5 Å². The van der Waals surface area contributed by atoms with E-state index in [2.05, 4.69) is 11.9 Å². The van der Waals surface area contributed by atoms with Crippen LogP contribution in [0.5, 0.6) is 0 Å². The van der Waals surface area contributed by atoms with Crippen molar-refractivity contribution in [2.75, 3.05) is 5.73 Å². The number of imidazole rings is 1. The molecule has 1 aromatic heterocycles. The van der Waals surface area contributed by atoms with E-state index in [0.717, 1.165) is 23.4 Å². The van der Waals surface area contributed by atoms with Gasteiger partial charge in [0.1, 0.15) is 11.6 Å². The minimum atomic E-state index is -0.251. The maximum atomic E-state index is 13.3. The quantitative estimate of drug-likeness (QED) is 0.746. The summed E-state index contributed by atoms with van der Waals surface area (Å²) >= 11 is 0. The zero-order chi connectivity index (χ0) is 15.0. The van der Waals surface area contributed by atoms with E-state index in [4.69, 9.17) is 5.73 Å². The molecule has 1 heterocycles. The van der Waals surface area contributed by atoms with Crippen molar-refractivity contribution in [3.8, 4) is 0 Å². The second-order valence-electron chi connectivity index (χ2n) is 5.49. The second kappa shape index (κ2) is 5.20. The van der Waals surface area contributed by atoms with Gasteiger partial charge in [0.25, 0.3) is 0 Å². The van der Waals surface area contributed by atoms with E-state index in [9.17, 15) is 4.39 Å². The van der Waals surface area contributed by atoms with Gasteiger partial charge in [-0.2, -0.15) is 0 Å². The standard InChI is InChI=1S/C17H18FN3/c1-11(12-3-6-14(19)7-4-12)9-17-20-15-10-13(18)5-8-16(15)21(17)2/h3-8,10-11H,9,19H2,1-2H3. The first-order valence-electron chi connectivity index (χ1n) is 7.01. The number of anilines is 1. The molecule has 4 heteroatoms. The normalized spacial score (nSPS) is 12.7. The van der Waals surface area contributed by atoms with Gasteiger partial charge in [-0.05, 0) is 35.7 Å². The number of benzene rings is 2. The van der Waals surface area contributed by atoms with E-state index in [1.165, 1.54) is 17.7 Å². The summed E-state index contributed by atoms with van der Waals surface area (Å²) in [6.45, 7) is 2.16. The van der Waals surface area contributed by atoms with Crippen molar-refractivity contribution in [2.45, 2.75) is 19.3 Å². The molecule has 0 bridgehead atoms. The highest BCUT2D eigenvalue weighted by molar-refractivity contribution is 5.76. The Kier molecular flexibility index (Phi) is 3.37. The monoisotopic (exact) mass is 283 g/mol. The number of rotatable bonds is 3. The first-order chi connectivity index (χ1) is 10.0. The van der Waals surface area contributed by atoms with Gasteiger partial charge >= 0.3 is 0 Å². The van der Waals surface area contributed by atoms with Gasteiger partial charge < -0.3 is 10.3 Å². The maximum Gasteiger partial charge on any atom is 0.125 e. The molecule has 1 unspecified atom stereocenters. The largest absolute Gasteiger partial charge is 0.399 e. The van der Waals surface area contributed by atoms with Crippen LogP contribution in [-0.4, -0.2) is 9.55 Å². The molecular formula is C17H18FN3. The molecule has 0 aliphatic rings. The lowest BCUT2D eigenvalue weighted by Crippen LogP contribution is -2.04. The van der Waals surface area contributed by atoms with Crippen molar-refractivity contribution in [3.05, 3.63) is 59.7 Å². The highest BCUT2D eigenvalue weighted by atomic mass is 19.1. The molecule has 0 radical (unpaired) electrons. The number of nitrogens with zero attached hydrogens (tertiary/aromatic N) is 2. The number of nitrogens with two attached hydrogens (primary N) is 1. The van der Waals surface area contributed by atoms with Gasteiger partial charge in [-0.1, -0.05) is 19.1 Å². The molecular weight excluding hydrogens is 265 g/mol. The van der Waals surface area contributed by atoms with Crippen LogP contribution in [0, 0.1) is 5.82 Å². The minimum Gasteiger partial charge on any atom is -0.399 e. The van der Waals surface area contributed by atoms with Crippen LogP contribution < -0.4 is 5.73 Å². The molecule has 0 saturated heterocycles. The summed E-state index contributed by atoms with van der Waals surface area (Å²) in [6, 6.07) is 12.6. The maximum absolute atomic E-state index is 13.3. The van der Waals surface area contributed by atoms with Crippen LogP contribution in [0.3, 0.4) is 0 Å². The van der Waals surface area contributed by atoms with Gasteiger partial charge in [0.05, 0.1) is 11.0 Å². The van der Waals surface area contributed by atoms with Gasteiger partial charge in [-0.3, -0.25) is 0 Å². The van der Waals surface area contributed by atoms with E-state index in [0.29, 0.717) is 11.4 Å². The summed E-state index contributed by atoms with van der Waals surface area (Å²) in [4.78, 5) is 4.55. The Labute approximate surface area is 123 Å². The lowest BCUT2D eigenvalue weighted by molar-refractivity contribution is 0.629. The number of hydrogen-bond donors (Lipinski definition) is 1. The van der Waals surface area contributed by atoms with Crippen LogP contribution in [0.1, 0.15) is 24.2 Å². The van der Waals surface area contributed by atoms with Crippen molar-refractivity contribution in [2.24, 2.45) is 7.05 Å². The van der Waals surface area contributed by atoms with E-state index in [-0.39, 0.29) is 5.82 Å². The summed E-state index contributed by atoms with van der Waals surface area (Å²) in [7, 11) is 1.97. The Bertz CT molecular complexity index is 775. The molecule has 2 N–H and O–H groups in total. The minimum absolute atomic E-state index is 0.251. The predicted octanol–water partition coefficient (Wildman–Crippen LogP) is 3.64. The summed E-state index contributed by atoms with van der Waals surface area (Å²) < 4.78 is 15.3. The topological polar surface area (TPSA) is 43.8 Å². The van der Waals surface area contributed by atoms with Crippen molar-refractivity contribution in [3.63, 3.8) is 0 Å². The number of aromatic nitrogens is 2. The molecule has 0 saturated carbocycles. The first-order valence-corrected chi connectivity index (χ1v) is 7.01. The van der Waals surface area contributed by atoms with Crippen LogP contribution in [0.4, 0.5) is 10.1 Å². The second-order valence-corrected chi connectivity index (χ2v) is 5.49. The lowest BCUT2D eigenvalue weighted by Gasteiger charge is -2.12. The summed E-state index contributed by atoms with van der Waals surface area (Å²) in [5, 5.41) is 0. The van der Waals surface area contributed by atoms with Gasteiger partial charge in [-0.25, -0.2) is 9.37 Å². The number of fused-ring (bicyclic) bond motifs is 1. The number of halogens is 1. The van der Waals surface area contributed by atoms with Gasteiger partial charge in [-0.15, -0.1) is 0 Å². The van der Waals surface area contributed by atoms with Gasteiger partial charge in [0, 0.05) is 25.2 Å². The van der Waals surface area contributed by atoms with Crippen molar-refractivity contribution in [1.29, 1.82) is 0 Å². The molecule has 108 valence electrons. The molecule has 0 aliphatic heterocycles. The highest BCUT2D eigenvalue weighted by Crippen LogP contribution is 2.23. The lowest BCUT2D eigenvalue weighted by atomic mass is 9.97. The van der Waals surface area contributed by atoms with Crippen molar-refractivity contribution >= 4 is 16.7 Å². The molecule has 0 aliphatic carbocycles. The van der Waals surface area contributed by atoms with E-state index < -0.39 is 0 Å². The fourth-order valence-corrected chi connectivity index (χ4v) is 2.62. The molecule has 3 aromatic rings. The molecule has 2 aromatic carbocycles. The predicted molar refractivity (Wildman–Crippen MR) is 83.6 cm³/mol. The molecule has 21 heavy (non-hydrogen) atoms. The third-order valence-electron chi connectivity index (χ3n) is 3.93. The molecule has 1 atom stereocenters. The number of hydrogen-bond acceptors (Lipinski definition) is 2. The smallest absolute Gasteiger partial charge is 0.125 e. The Morgan fingerprint density at radius 2 is 1.90 bits per heavy atom. The van der Waals surface area contributed by atoms with E-state index >= 15 is 0 Å². The SMILES string of the molecule is CC(Cc1nc2cc(F)ccc2n1C)c1ccc(N)cc1. The molecule has 3 nitrogen and oxygen atoms in total. The van der Waals surface area contributed by atoms with Crippen molar-refractivity contribution in [1.82, 2.24) is 9.55 Å². The van der Waals surface area contributed by atoms with Crippen LogP contribution >= 0.6 is 0 Å². The van der Waals surface area contributed by atoms with Crippen LogP contribution in [0.2, 0.25) is 0 Å². The van der Waals surface area contributed by atoms with Crippen LogP contribution in [0.25, 0.3) is 11.0 Å². The zero-order valence-corrected chi connectivity index (χ0v) is 12.2. The Morgan fingerprint density at radius 3 is 2.62 bits per heavy atom. The average Bonchev–Trinajstić information content (AvgIpc) is 2.75. The van der Waals surface area contributed by atoms with Crippen molar-refractivity contribution < 1.29 is 4.39 Å². The number of nitrogen functional groups attached to an aromatic ring is 1.